The van der Waals surface area contributed by atoms with Gasteiger partial charge in [-0.1, -0.05) is 42.5 Å². The molecule has 24 heavy (non-hydrogen) atoms. The van der Waals surface area contributed by atoms with Crippen molar-refractivity contribution in [3.8, 4) is 0 Å². The van der Waals surface area contributed by atoms with E-state index in [1.807, 2.05) is 0 Å². The molecule has 2 aromatic rings. The summed E-state index contributed by atoms with van der Waals surface area (Å²) in [5, 5.41) is 2.59. The zero-order valence-electron chi connectivity index (χ0n) is 14.2. The van der Waals surface area contributed by atoms with Crippen LogP contribution in [-0.4, -0.2) is 38.7 Å². The Morgan fingerprint density at radius 1 is 1.17 bits per heavy atom. The van der Waals surface area contributed by atoms with Crippen LogP contribution in [0.2, 0.25) is 0 Å². The molecular formula is C19H26N2O2S. The highest BCUT2D eigenvalue weighted by Gasteiger charge is 2.21. The van der Waals surface area contributed by atoms with Gasteiger partial charge in [0.25, 0.3) is 0 Å². The van der Waals surface area contributed by atoms with Crippen LogP contribution in [0.3, 0.4) is 0 Å². The SMILES string of the molecule is CCS(=O)(=O)NC[C@@H]1CCCN(Cc2cccc3ccccc23)C1. The summed E-state index contributed by atoms with van der Waals surface area (Å²) in [5.74, 6) is 0.550. The molecular weight excluding hydrogens is 320 g/mol. The quantitative estimate of drug-likeness (QED) is 0.875. The number of piperidine rings is 1. The summed E-state index contributed by atoms with van der Waals surface area (Å²) in [6.45, 7) is 5.20. The number of rotatable bonds is 6. The largest absolute Gasteiger partial charge is 0.299 e. The lowest BCUT2D eigenvalue weighted by atomic mass is 9.97. The fourth-order valence-corrected chi connectivity index (χ4v) is 4.17. The van der Waals surface area contributed by atoms with Gasteiger partial charge in [-0.25, -0.2) is 13.1 Å². The number of hydrogen-bond donors (Lipinski definition) is 1. The standard InChI is InChI=1S/C19H26N2O2S/c1-2-24(22,23)20-13-16-7-6-12-21(14-16)15-18-10-5-9-17-8-3-4-11-19(17)18/h3-5,8-11,16,20H,2,6-7,12-15H2,1H3/t16-/m0/s1. The molecule has 1 N–H and O–H groups in total. The number of hydrogen-bond acceptors (Lipinski definition) is 3. The molecule has 0 saturated carbocycles. The Bertz CT molecular complexity index is 784. The molecule has 2 aromatic carbocycles. The van der Waals surface area contributed by atoms with E-state index in [0.29, 0.717) is 12.5 Å². The van der Waals surface area contributed by atoms with E-state index < -0.39 is 10.0 Å². The average molecular weight is 346 g/mol. The predicted molar refractivity (Wildman–Crippen MR) is 99.4 cm³/mol. The molecule has 0 spiro atoms. The van der Waals surface area contributed by atoms with Gasteiger partial charge in [0.2, 0.25) is 10.0 Å². The Balaban J connectivity index is 1.65. The van der Waals surface area contributed by atoms with E-state index in [4.69, 9.17) is 0 Å². The maximum atomic E-state index is 11.6. The molecule has 1 fully saturated rings. The molecule has 0 bridgehead atoms. The molecule has 1 aliphatic heterocycles. The lowest BCUT2D eigenvalue weighted by Crippen LogP contribution is -2.40. The van der Waals surface area contributed by atoms with Crippen molar-refractivity contribution < 1.29 is 8.42 Å². The van der Waals surface area contributed by atoms with Gasteiger partial charge in [0.1, 0.15) is 0 Å². The minimum atomic E-state index is -3.09. The topological polar surface area (TPSA) is 49.4 Å². The van der Waals surface area contributed by atoms with Crippen molar-refractivity contribution in [2.24, 2.45) is 5.92 Å². The number of benzene rings is 2. The van der Waals surface area contributed by atoms with Crippen molar-refractivity contribution in [2.75, 3.05) is 25.4 Å². The van der Waals surface area contributed by atoms with E-state index in [2.05, 4.69) is 52.1 Å². The second kappa shape index (κ2) is 7.64. The first kappa shape index (κ1) is 17.4. The molecule has 0 radical (unpaired) electrons. The third kappa shape index (κ3) is 4.35. The number of sulfonamides is 1. The van der Waals surface area contributed by atoms with Crippen molar-refractivity contribution in [1.29, 1.82) is 0 Å². The van der Waals surface area contributed by atoms with E-state index in [-0.39, 0.29) is 5.75 Å². The van der Waals surface area contributed by atoms with Gasteiger partial charge in [0.05, 0.1) is 5.75 Å². The third-order valence-corrected chi connectivity index (χ3v) is 6.22. The van der Waals surface area contributed by atoms with Crippen LogP contribution in [0.5, 0.6) is 0 Å². The maximum absolute atomic E-state index is 11.6. The second-order valence-electron chi connectivity index (χ2n) is 6.63. The van der Waals surface area contributed by atoms with Gasteiger partial charge >= 0.3 is 0 Å². The van der Waals surface area contributed by atoms with E-state index in [1.54, 1.807) is 6.92 Å². The molecule has 1 saturated heterocycles. The van der Waals surface area contributed by atoms with E-state index in [9.17, 15) is 8.42 Å². The van der Waals surface area contributed by atoms with Crippen LogP contribution in [0.1, 0.15) is 25.3 Å². The molecule has 1 aliphatic rings. The Morgan fingerprint density at radius 3 is 2.79 bits per heavy atom. The second-order valence-corrected chi connectivity index (χ2v) is 8.73. The molecule has 0 unspecified atom stereocenters. The molecule has 3 rings (SSSR count). The molecule has 130 valence electrons. The van der Waals surface area contributed by atoms with Crippen LogP contribution in [0.25, 0.3) is 10.8 Å². The molecule has 5 heteroatoms. The maximum Gasteiger partial charge on any atom is 0.211 e. The summed E-state index contributed by atoms with van der Waals surface area (Å²) < 4.78 is 26.0. The van der Waals surface area contributed by atoms with Gasteiger partial charge < -0.3 is 0 Å². The minimum absolute atomic E-state index is 0.152. The monoisotopic (exact) mass is 346 g/mol. The lowest BCUT2D eigenvalue weighted by Gasteiger charge is -2.33. The van der Waals surface area contributed by atoms with E-state index in [1.165, 1.54) is 16.3 Å². The van der Waals surface area contributed by atoms with Gasteiger partial charge in [-0.05, 0) is 48.6 Å². The summed E-state index contributed by atoms with van der Waals surface area (Å²) in [7, 11) is -3.09. The zero-order valence-corrected chi connectivity index (χ0v) is 15.1. The normalized spacial score (nSPS) is 19.6. The molecule has 1 atom stereocenters. The van der Waals surface area contributed by atoms with Crippen molar-refractivity contribution in [1.82, 2.24) is 9.62 Å². The summed E-state index contributed by atoms with van der Waals surface area (Å²) >= 11 is 0. The fourth-order valence-electron chi connectivity index (χ4n) is 3.48. The molecule has 0 amide bonds. The lowest BCUT2D eigenvalue weighted by molar-refractivity contribution is 0.169. The van der Waals surface area contributed by atoms with Gasteiger partial charge in [0, 0.05) is 19.6 Å². The Kier molecular flexibility index (Phi) is 5.54. The van der Waals surface area contributed by atoms with E-state index >= 15 is 0 Å². The van der Waals surface area contributed by atoms with Crippen molar-refractivity contribution in [3.05, 3.63) is 48.0 Å². The van der Waals surface area contributed by atoms with Crippen LogP contribution in [0, 0.1) is 5.92 Å². The van der Waals surface area contributed by atoms with Gasteiger partial charge in [0.15, 0.2) is 0 Å². The summed E-state index contributed by atoms with van der Waals surface area (Å²) in [6, 6.07) is 15.0. The number of nitrogens with one attached hydrogen (secondary N) is 1. The minimum Gasteiger partial charge on any atom is -0.299 e. The summed E-state index contributed by atoms with van der Waals surface area (Å²) in [4.78, 5) is 2.45. The molecule has 0 aromatic heterocycles. The smallest absolute Gasteiger partial charge is 0.211 e. The van der Waals surface area contributed by atoms with Crippen LogP contribution in [0.4, 0.5) is 0 Å². The molecule has 1 heterocycles. The first-order valence-electron chi connectivity index (χ1n) is 8.74. The van der Waals surface area contributed by atoms with Gasteiger partial charge in [-0.15, -0.1) is 0 Å². The highest BCUT2D eigenvalue weighted by molar-refractivity contribution is 7.89. The zero-order chi connectivity index (χ0) is 17.0. The first-order valence-corrected chi connectivity index (χ1v) is 10.4. The Hall–Kier alpha value is -1.43. The van der Waals surface area contributed by atoms with Crippen molar-refractivity contribution in [3.63, 3.8) is 0 Å². The van der Waals surface area contributed by atoms with Crippen LogP contribution in [-0.2, 0) is 16.6 Å². The highest BCUT2D eigenvalue weighted by atomic mass is 32.2. The van der Waals surface area contributed by atoms with Gasteiger partial charge in [-0.2, -0.15) is 0 Å². The molecule has 4 nitrogen and oxygen atoms in total. The van der Waals surface area contributed by atoms with Crippen LogP contribution >= 0.6 is 0 Å². The summed E-state index contributed by atoms with van der Waals surface area (Å²) in [5.41, 5.74) is 1.35. The van der Waals surface area contributed by atoms with E-state index in [0.717, 1.165) is 32.5 Å². The summed E-state index contributed by atoms with van der Waals surface area (Å²) in [6.07, 6.45) is 2.22. The third-order valence-electron chi connectivity index (χ3n) is 4.85. The van der Waals surface area contributed by atoms with Crippen molar-refractivity contribution >= 4 is 20.8 Å². The highest BCUT2D eigenvalue weighted by Crippen LogP contribution is 2.23. The van der Waals surface area contributed by atoms with Gasteiger partial charge in [-0.3, -0.25) is 4.90 Å². The fraction of sp³-hybridized carbons (Fsp3) is 0.474. The first-order chi connectivity index (χ1) is 11.6. The molecule has 0 aliphatic carbocycles. The number of likely N-dealkylation sites (tertiary alicyclic amines) is 1. The Labute approximate surface area is 144 Å². The average Bonchev–Trinajstić information content (AvgIpc) is 2.61. The predicted octanol–water partition coefficient (Wildman–Crippen LogP) is 2.99. The number of fused-ring (bicyclic) bond motifs is 1. The van der Waals surface area contributed by atoms with Crippen molar-refractivity contribution in [2.45, 2.75) is 26.3 Å². The number of nitrogens with zero attached hydrogens (tertiary/aromatic N) is 1. The van der Waals surface area contributed by atoms with Crippen LogP contribution in [0.15, 0.2) is 42.5 Å². The van der Waals surface area contributed by atoms with Crippen LogP contribution < -0.4 is 4.72 Å². The Morgan fingerprint density at radius 2 is 1.96 bits per heavy atom.